The highest BCUT2D eigenvalue weighted by atomic mass is 35.5. The summed E-state index contributed by atoms with van der Waals surface area (Å²) in [6.45, 7) is 7.39. The smallest absolute Gasteiger partial charge is 0.178 e. The van der Waals surface area contributed by atoms with Crippen LogP contribution in [0.15, 0.2) is 54.7 Å². The first-order valence-corrected chi connectivity index (χ1v) is 18.1. The van der Waals surface area contributed by atoms with Gasteiger partial charge in [0.05, 0.1) is 13.1 Å². The second-order valence-corrected chi connectivity index (χ2v) is 14.5. The molecule has 0 bridgehead atoms. The number of aromatic nitrogens is 2. The van der Waals surface area contributed by atoms with E-state index >= 15 is 0 Å². The van der Waals surface area contributed by atoms with Crippen molar-refractivity contribution in [3.63, 3.8) is 0 Å². The van der Waals surface area contributed by atoms with Crippen LogP contribution in [0, 0.1) is 6.92 Å². The number of likely N-dealkylation sites (tertiary alicyclic amines) is 2. The lowest BCUT2D eigenvalue weighted by molar-refractivity contribution is 0.0908. The summed E-state index contributed by atoms with van der Waals surface area (Å²) in [4.78, 5) is 30.1. The predicted octanol–water partition coefficient (Wildman–Crippen LogP) is 8.10. The van der Waals surface area contributed by atoms with Gasteiger partial charge in [0.25, 0.3) is 0 Å². The van der Waals surface area contributed by atoms with Crippen LogP contribution in [0.3, 0.4) is 0 Å². The standard InChI is InChI=1S/C20H23ClN2O.C19H21ClN2O/c1-14-18(20(24)13-22-9-3-2-4-10-22)12-17-7-5-15-11-16(21)6-8-19(15)23(14)17;20-16-5-7-18-14(10-16)4-6-17-11-15(12-22(17)18)19(23)13-21-8-2-1-3-9-21/h6,8,11-12H,2-5,7,9-10,13H2,1H3;5,7,10-12H,1-4,6,8-9,13H2. The normalized spacial score (nSPS) is 17.5. The molecule has 2 aromatic heterocycles. The molecule has 2 saturated heterocycles. The second-order valence-electron chi connectivity index (χ2n) is 13.6. The molecule has 246 valence electrons. The number of halogens is 2. The van der Waals surface area contributed by atoms with Crippen molar-refractivity contribution in [1.82, 2.24) is 18.9 Å². The van der Waals surface area contributed by atoms with E-state index in [0.717, 1.165) is 84.4 Å². The summed E-state index contributed by atoms with van der Waals surface area (Å²) in [5.74, 6) is 0.496. The molecule has 6 heterocycles. The van der Waals surface area contributed by atoms with E-state index < -0.39 is 0 Å². The minimum Gasteiger partial charge on any atom is -0.320 e. The molecule has 4 aliphatic heterocycles. The highest BCUT2D eigenvalue weighted by Gasteiger charge is 2.25. The molecular weight excluding hydrogens is 627 g/mol. The van der Waals surface area contributed by atoms with Gasteiger partial charge >= 0.3 is 0 Å². The Morgan fingerprint density at radius 1 is 0.638 bits per heavy atom. The Balaban J connectivity index is 0.000000150. The molecule has 4 aromatic rings. The van der Waals surface area contributed by atoms with Crippen LogP contribution in [-0.2, 0) is 25.7 Å². The maximum atomic E-state index is 12.8. The number of hydrogen-bond acceptors (Lipinski definition) is 4. The van der Waals surface area contributed by atoms with Gasteiger partial charge in [-0.3, -0.25) is 19.4 Å². The van der Waals surface area contributed by atoms with Gasteiger partial charge in [-0.15, -0.1) is 0 Å². The van der Waals surface area contributed by atoms with Crippen molar-refractivity contribution in [3.8, 4) is 11.4 Å². The van der Waals surface area contributed by atoms with E-state index in [9.17, 15) is 9.59 Å². The molecule has 0 spiro atoms. The number of nitrogens with zero attached hydrogens (tertiary/aromatic N) is 4. The summed E-state index contributed by atoms with van der Waals surface area (Å²) >= 11 is 12.2. The molecule has 0 N–H and O–H groups in total. The van der Waals surface area contributed by atoms with Crippen molar-refractivity contribution >= 4 is 34.8 Å². The Bertz CT molecular complexity index is 1790. The van der Waals surface area contributed by atoms with Crippen LogP contribution in [0.25, 0.3) is 11.4 Å². The van der Waals surface area contributed by atoms with E-state index in [1.165, 1.54) is 66.7 Å². The van der Waals surface area contributed by atoms with Crippen LogP contribution in [-0.4, -0.2) is 69.8 Å². The van der Waals surface area contributed by atoms with Crippen molar-refractivity contribution in [2.75, 3.05) is 39.3 Å². The first-order valence-electron chi connectivity index (χ1n) is 17.4. The third-order valence-corrected chi connectivity index (χ3v) is 10.8. The van der Waals surface area contributed by atoms with E-state index in [-0.39, 0.29) is 11.6 Å². The zero-order valence-electron chi connectivity index (χ0n) is 27.4. The lowest BCUT2D eigenvalue weighted by Gasteiger charge is -2.25. The molecule has 0 amide bonds. The summed E-state index contributed by atoms with van der Waals surface area (Å²) in [6.07, 6.45) is 13.4. The summed E-state index contributed by atoms with van der Waals surface area (Å²) in [7, 11) is 0. The van der Waals surface area contributed by atoms with Crippen LogP contribution in [0.4, 0.5) is 0 Å². The fourth-order valence-electron chi connectivity index (χ4n) is 7.86. The second kappa shape index (κ2) is 14.1. The minimum atomic E-state index is 0.240. The minimum absolute atomic E-state index is 0.240. The van der Waals surface area contributed by atoms with Crippen LogP contribution in [0.5, 0.6) is 0 Å². The zero-order chi connectivity index (χ0) is 32.5. The van der Waals surface area contributed by atoms with Crippen molar-refractivity contribution in [2.45, 2.75) is 71.1 Å². The Hall–Kier alpha value is -3.16. The third kappa shape index (κ3) is 7.03. The number of fused-ring (bicyclic) bond motifs is 6. The number of piperidine rings is 2. The van der Waals surface area contributed by atoms with E-state index in [0.29, 0.717) is 13.1 Å². The monoisotopic (exact) mass is 670 g/mol. The third-order valence-electron chi connectivity index (χ3n) is 10.4. The summed E-state index contributed by atoms with van der Waals surface area (Å²) in [5.41, 5.74) is 10.1. The molecule has 8 heteroatoms. The van der Waals surface area contributed by atoms with Crippen molar-refractivity contribution in [1.29, 1.82) is 0 Å². The number of carbonyl (C=O) groups is 2. The fourth-order valence-corrected chi connectivity index (χ4v) is 8.25. The Labute approximate surface area is 288 Å². The lowest BCUT2D eigenvalue weighted by Crippen LogP contribution is -2.34. The summed E-state index contributed by atoms with van der Waals surface area (Å²) < 4.78 is 4.41. The van der Waals surface area contributed by atoms with Crippen LogP contribution < -0.4 is 0 Å². The topological polar surface area (TPSA) is 50.5 Å². The first kappa shape index (κ1) is 32.4. The molecule has 0 atom stereocenters. The van der Waals surface area contributed by atoms with Gasteiger partial charge < -0.3 is 9.13 Å². The van der Waals surface area contributed by atoms with Gasteiger partial charge in [-0.1, -0.05) is 36.0 Å². The SMILES string of the molecule is Cc1c(C(=O)CN2CCCCC2)cc2n1-c1ccc(Cl)cc1CC2.O=C(CN1CCCCC1)c1cc2n(c1)-c1ccc(Cl)cc1CC2. The zero-order valence-corrected chi connectivity index (χ0v) is 28.9. The Morgan fingerprint density at radius 3 is 1.83 bits per heavy atom. The van der Waals surface area contributed by atoms with Crippen molar-refractivity contribution in [3.05, 3.63) is 104 Å². The van der Waals surface area contributed by atoms with E-state index in [1.54, 1.807) is 0 Å². The molecule has 6 nitrogen and oxygen atoms in total. The highest BCUT2D eigenvalue weighted by molar-refractivity contribution is 6.31. The highest BCUT2D eigenvalue weighted by Crippen LogP contribution is 2.32. The average molecular weight is 672 g/mol. The Morgan fingerprint density at radius 2 is 1.19 bits per heavy atom. The quantitative estimate of drug-likeness (QED) is 0.195. The number of benzene rings is 2. The number of Topliss-reactive ketones (excluding diaryl/α,β-unsaturated/α-hetero) is 2. The number of rotatable bonds is 6. The van der Waals surface area contributed by atoms with Gasteiger partial charge in [0.1, 0.15) is 0 Å². The van der Waals surface area contributed by atoms with Crippen LogP contribution >= 0.6 is 23.2 Å². The van der Waals surface area contributed by atoms with Gasteiger partial charge in [-0.05, 0) is 144 Å². The summed E-state index contributed by atoms with van der Waals surface area (Å²) in [6, 6.07) is 16.3. The van der Waals surface area contributed by atoms with Crippen molar-refractivity contribution in [2.24, 2.45) is 0 Å². The van der Waals surface area contributed by atoms with Crippen LogP contribution in [0.2, 0.25) is 10.0 Å². The molecule has 2 fully saturated rings. The van der Waals surface area contributed by atoms with E-state index in [2.05, 4.69) is 56.2 Å². The Kier molecular flexibility index (Phi) is 9.74. The molecule has 0 radical (unpaired) electrons. The molecule has 0 unspecified atom stereocenters. The fraction of sp³-hybridized carbons (Fsp3) is 0.436. The maximum absolute atomic E-state index is 12.8. The molecule has 0 saturated carbocycles. The molecule has 4 aliphatic rings. The van der Waals surface area contributed by atoms with Gasteiger partial charge in [0.15, 0.2) is 11.6 Å². The summed E-state index contributed by atoms with van der Waals surface area (Å²) in [5, 5.41) is 1.56. The largest absolute Gasteiger partial charge is 0.320 e. The number of hydrogen-bond donors (Lipinski definition) is 0. The van der Waals surface area contributed by atoms with Crippen LogP contribution in [0.1, 0.15) is 87.4 Å². The maximum Gasteiger partial charge on any atom is 0.178 e. The number of ketones is 2. The molecule has 0 aliphatic carbocycles. The van der Waals surface area contributed by atoms with Gasteiger partial charge in [0, 0.05) is 55.8 Å². The molecule has 2 aromatic carbocycles. The van der Waals surface area contributed by atoms with Crippen molar-refractivity contribution < 1.29 is 9.59 Å². The van der Waals surface area contributed by atoms with E-state index in [4.69, 9.17) is 23.2 Å². The van der Waals surface area contributed by atoms with Gasteiger partial charge in [-0.2, -0.15) is 0 Å². The average Bonchev–Trinajstić information content (AvgIpc) is 3.67. The lowest BCUT2D eigenvalue weighted by atomic mass is 10.0. The molecular formula is C39H44Cl2N4O2. The van der Waals surface area contributed by atoms with Gasteiger partial charge in [0.2, 0.25) is 0 Å². The number of carbonyl (C=O) groups excluding carboxylic acids is 2. The predicted molar refractivity (Wildman–Crippen MR) is 190 cm³/mol. The first-order chi connectivity index (χ1) is 22.8. The molecule has 47 heavy (non-hydrogen) atoms. The molecule has 8 rings (SSSR count). The van der Waals surface area contributed by atoms with Gasteiger partial charge in [-0.25, -0.2) is 0 Å². The van der Waals surface area contributed by atoms with E-state index in [1.807, 2.05) is 24.4 Å². The number of aryl methyl sites for hydroxylation is 4.